The largest absolute Gasteiger partial charge is 0.416 e. The van der Waals surface area contributed by atoms with E-state index in [0.717, 1.165) is 12.1 Å². The first kappa shape index (κ1) is 21.5. The van der Waals surface area contributed by atoms with Crippen molar-refractivity contribution in [2.75, 3.05) is 45.9 Å². The lowest BCUT2D eigenvalue weighted by molar-refractivity contribution is -0.138. The molecule has 2 aliphatic heterocycles. The normalized spacial score (nSPS) is 20.8. The molecule has 1 unspecified atom stereocenters. The van der Waals surface area contributed by atoms with Gasteiger partial charge in [0, 0.05) is 38.3 Å². The van der Waals surface area contributed by atoms with Gasteiger partial charge in [0.05, 0.1) is 18.8 Å². The molecule has 0 radical (unpaired) electrons. The second-order valence-electron chi connectivity index (χ2n) is 6.27. The van der Waals surface area contributed by atoms with Crippen LogP contribution in [-0.2, 0) is 15.7 Å². The molecule has 0 saturated carbocycles. The molecule has 0 aromatic heterocycles. The van der Waals surface area contributed by atoms with Gasteiger partial charge in [0.2, 0.25) is 5.91 Å². The van der Waals surface area contributed by atoms with E-state index in [-0.39, 0.29) is 35.8 Å². The molecule has 1 N–H and O–H groups in total. The van der Waals surface area contributed by atoms with Crippen molar-refractivity contribution < 1.29 is 27.5 Å². The topological polar surface area (TPSA) is 61.9 Å². The lowest BCUT2D eigenvalue weighted by Crippen LogP contribution is -2.57. The Balaban J connectivity index is 0.00000261. The highest BCUT2D eigenvalue weighted by Gasteiger charge is 2.32. The minimum atomic E-state index is -4.43. The number of rotatable bonds is 2. The summed E-state index contributed by atoms with van der Waals surface area (Å²) in [5.74, 6) is -0.378. The molecule has 1 aromatic rings. The van der Waals surface area contributed by atoms with Crippen LogP contribution in [0.3, 0.4) is 0 Å². The Morgan fingerprint density at radius 2 is 1.63 bits per heavy atom. The Morgan fingerprint density at radius 1 is 1.04 bits per heavy atom. The van der Waals surface area contributed by atoms with Crippen LogP contribution in [0.4, 0.5) is 13.2 Å². The predicted molar refractivity (Wildman–Crippen MR) is 93.8 cm³/mol. The number of hydrogen-bond acceptors (Lipinski definition) is 4. The first-order valence-electron chi connectivity index (χ1n) is 8.43. The van der Waals surface area contributed by atoms with Gasteiger partial charge in [-0.1, -0.05) is 0 Å². The number of morpholine rings is 1. The third-order valence-corrected chi connectivity index (χ3v) is 4.56. The van der Waals surface area contributed by atoms with Gasteiger partial charge in [-0.25, -0.2) is 0 Å². The van der Waals surface area contributed by atoms with E-state index < -0.39 is 11.7 Å². The summed E-state index contributed by atoms with van der Waals surface area (Å²) in [5.41, 5.74) is -0.577. The van der Waals surface area contributed by atoms with Crippen LogP contribution in [0.2, 0.25) is 0 Å². The van der Waals surface area contributed by atoms with Crippen molar-refractivity contribution in [3.63, 3.8) is 0 Å². The summed E-state index contributed by atoms with van der Waals surface area (Å²) >= 11 is 0. The molecule has 2 amide bonds. The lowest BCUT2D eigenvalue weighted by atomic mass is 10.1. The maximum Gasteiger partial charge on any atom is 0.416 e. The van der Waals surface area contributed by atoms with Crippen LogP contribution in [0.25, 0.3) is 0 Å². The second kappa shape index (κ2) is 8.90. The van der Waals surface area contributed by atoms with Crippen molar-refractivity contribution in [3.8, 4) is 0 Å². The molecule has 2 aliphatic rings. The first-order chi connectivity index (χ1) is 12.4. The molecule has 27 heavy (non-hydrogen) atoms. The fourth-order valence-corrected chi connectivity index (χ4v) is 3.06. The highest BCUT2D eigenvalue weighted by Crippen LogP contribution is 2.29. The number of ether oxygens (including phenoxy) is 1. The molecular weight excluding hydrogens is 387 g/mol. The Bertz CT molecular complexity index is 656. The van der Waals surface area contributed by atoms with Gasteiger partial charge in [0.15, 0.2) is 0 Å². The van der Waals surface area contributed by atoms with Crippen LogP contribution in [0, 0.1) is 0 Å². The number of nitrogens with one attached hydrogen (secondary N) is 1. The van der Waals surface area contributed by atoms with E-state index in [9.17, 15) is 22.8 Å². The van der Waals surface area contributed by atoms with E-state index in [2.05, 4.69) is 5.32 Å². The molecule has 6 nitrogen and oxygen atoms in total. The van der Waals surface area contributed by atoms with Crippen molar-refractivity contribution in [2.45, 2.75) is 12.2 Å². The zero-order valence-corrected chi connectivity index (χ0v) is 15.3. The lowest BCUT2D eigenvalue weighted by Gasteiger charge is -2.37. The predicted octanol–water partition coefficient (Wildman–Crippen LogP) is 1.40. The summed E-state index contributed by atoms with van der Waals surface area (Å²) < 4.78 is 43.1. The molecule has 150 valence electrons. The van der Waals surface area contributed by atoms with E-state index in [4.69, 9.17) is 4.74 Å². The van der Waals surface area contributed by atoms with Gasteiger partial charge in [-0.15, -0.1) is 12.4 Å². The van der Waals surface area contributed by atoms with Crippen molar-refractivity contribution in [1.82, 2.24) is 15.1 Å². The highest BCUT2D eigenvalue weighted by atomic mass is 35.5. The number of benzene rings is 1. The monoisotopic (exact) mass is 407 g/mol. The van der Waals surface area contributed by atoms with Gasteiger partial charge in [0.1, 0.15) is 6.04 Å². The van der Waals surface area contributed by atoms with Crippen molar-refractivity contribution in [3.05, 3.63) is 35.4 Å². The Labute approximate surface area is 161 Å². The van der Waals surface area contributed by atoms with E-state index in [1.807, 2.05) is 0 Å². The molecule has 0 bridgehead atoms. The fraction of sp³-hybridized carbons (Fsp3) is 0.529. The molecule has 10 heteroatoms. The summed E-state index contributed by atoms with van der Waals surface area (Å²) in [7, 11) is 0. The minimum Gasteiger partial charge on any atom is -0.378 e. The van der Waals surface area contributed by atoms with Crippen LogP contribution in [0.5, 0.6) is 0 Å². The second-order valence-corrected chi connectivity index (χ2v) is 6.27. The number of hydrogen-bond donors (Lipinski definition) is 1. The molecule has 3 rings (SSSR count). The van der Waals surface area contributed by atoms with Gasteiger partial charge >= 0.3 is 6.18 Å². The molecule has 2 fully saturated rings. The molecule has 0 aliphatic carbocycles. The average molecular weight is 408 g/mol. The minimum absolute atomic E-state index is 0. The maximum atomic E-state index is 12.6. The van der Waals surface area contributed by atoms with Crippen LogP contribution in [0.15, 0.2) is 24.3 Å². The van der Waals surface area contributed by atoms with Crippen molar-refractivity contribution in [1.29, 1.82) is 0 Å². The smallest absolute Gasteiger partial charge is 0.378 e. The van der Waals surface area contributed by atoms with Gasteiger partial charge in [-0.05, 0) is 24.3 Å². The standard InChI is InChI=1S/C17H20F3N3O3.ClH/c18-17(19,20)13-3-1-12(2-4-13)15(24)22-6-8-23(9-7-22)16(25)14-11-26-10-5-21-14;/h1-4,14,21H,5-11H2;1H. The third kappa shape index (κ3) is 5.12. The third-order valence-electron chi connectivity index (χ3n) is 4.56. The summed E-state index contributed by atoms with van der Waals surface area (Å²) in [6.45, 7) is 3.02. The summed E-state index contributed by atoms with van der Waals surface area (Å²) in [5, 5.41) is 3.10. The van der Waals surface area contributed by atoms with E-state index in [0.29, 0.717) is 45.9 Å². The van der Waals surface area contributed by atoms with Gasteiger partial charge < -0.3 is 19.9 Å². The maximum absolute atomic E-state index is 12.6. The van der Waals surface area contributed by atoms with Crippen LogP contribution in [0.1, 0.15) is 15.9 Å². The fourth-order valence-electron chi connectivity index (χ4n) is 3.06. The number of amides is 2. The average Bonchev–Trinajstić information content (AvgIpc) is 2.67. The zero-order valence-electron chi connectivity index (χ0n) is 14.5. The van der Waals surface area contributed by atoms with Crippen LogP contribution < -0.4 is 5.32 Å². The quantitative estimate of drug-likeness (QED) is 0.805. The Hall–Kier alpha value is -1.84. The van der Waals surface area contributed by atoms with E-state index >= 15 is 0 Å². The number of carbonyl (C=O) groups is 2. The summed E-state index contributed by atoms with van der Waals surface area (Å²) in [4.78, 5) is 28.1. The molecule has 2 heterocycles. The zero-order chi connectivity index (χ0) is 18.7. The molecule has 1 atom stereocenters. The van der Waals surface area contributed by atoms with Crippen LogP contribution in [-0.4, -0.2) is 73.6 Å². The first-order valence-corrected chi connectivity index (χ1v) is 8.43. The van der Waals surface area contributed by atoms with E-state index in [1.165, 1.54) is 12.1 Å². The van der Waals surface area contributed by atoms with Crippen molar-refractivity contribution >= 4 is 24.2 Å². The van der Waals surface area contributed by atoms with Crippen LogP contribution >= 0.6 is 12.4 Å². The van der Waals surface area contributed by atoms with Gasteiger partial charge in [0.25, 0.3) is 5.91 Å². The SMILES string of the molecule is Cl.O=C(c1ccc(C(F)(F)F)cc1)N1CCN(C(=O)C2COCCN2)CC1. The highest BCUT2D eigenvalue weighted by molar-refractivity contribution is 5.94. The Morgan fingerprint density at radius 3 is 2.15 bits per heavy atom. The van der Waals surface area contributed by atoms with Gasteiger partial charge in [-0.3, -0.25) is 9.59 Å². The Kier molecular flexibility index (Phi) is 7.07. The number of carbonyl (C=O) groups excluding carboxylic acids is 2. The van der Waals surface area contributed by atoms with Crippen molar-refractivity contribution in [2.24, 2.45) is 0 Å². The molecule has 1 aromatic carbocycles. The summed E-state index contributed by atoms with van der Waals surface area (Å²) in [6, 6.07) is 3.82. The molecular formula is C17H21ClF3N3O3. The van der Waals surface area contributed by atoms with Gasteiger partial charge in [-0.2, -0.15) is 13.2 Å². The number of alkyl halides is 3. The number of nitrogens with zero attached hydrogens (tertiary/aromatic N) is 2. The molecule has 2 saturated heterocycles. The van der Waals surface area contributed by atoms with E-state index in [1.54, 1.807) is 9.80 Å². The molecule has 0 spiro atoms. The number of halogens is 4. The number of piperazine rings is 1. The summed E-state index contributed by atoms with van der Waals surface area (Å²) in [6.07, 6.45) is -4.43.